The number of rotatable bonds is 6. The molecule has 0 heterocycles. The molecule has 0 radical (unpaired) electrons. The van der Waals surface area contributed by atoms with Gasteiger partial charge < -0.3 is 9.90 Å². The van der Waals surface area contributed by atoms with Gasteiger partial charge in [0, 0.05) is 18.8 Å². The molecule has 0 aliphatic rings. The van der Waals surface area contributed by atoms with Gasteiger partial charge in [0.1, 0.15) is 11.6 Å². The van der Waals surface area contributed by atoms with E-state index in [0.29, 0.717) is 0 Å². The highest BCUT2D eigenvalue weighted by Gasteiger charge is 2.15. The average molecular weight is 186 g/mol. The summed E-state index contributed by atoms with van der Waals surface area (Å²) in [6.07, 6.45) is 0.0727. The molecule has 0 rings (SSSR count). The summed E-state index contributed by atoms with van der Waals surface area (Å²) in [4.78, 5) is 31.9. The number of ketones is 2. The molecule has 0 spiro atoms. The molecule has 74 valence electrons. The fourth-order valence-corrected chi connectivity index (χ4v) is 1.02. The van der Waals surface area contributed by atoms with Gasteiger partial charge >= 0.3 is 5.97 Å². The van der Waals surface area contributed by atoms with Crippen molar-refractivity contribution >= 4 is 17.5 Å². The van der Waals surface area contributed by atoms with E-state index in [1.54, 1.807) is 6.92 Å². The molecule has 0 amide bonds. The van der Waals surface area contributed by atoms with Crippen LogP contribution in [0.2, 0.25) is 0 Å². The van der Waals surface area contributed by atoms with Crippen molar-refractivity contribution in [3.63, 3.8) is 0 Å². The maximum atomic E-state index is 11.2. The van der Waals surface area contributed by atoms with Crippen LogP contribution < -0.4 is 0 Å². The molecule has 0 aromatic rings. The van der Waals surface area contributed by atoms with Crippen molar-refractivity contribution in [3.8, 4) is 0 Å². The second kappa shape index (κ2) is 5.45. The summed E-state index contributed by atoms with van der Waals surface area (Å²) in [6, 6.07) is 0. The molecule has 0 saturated carbocycles. The third-order valence-electron chi connectivity index (χ3n) is 1.73. The van der Waals surface area contributed by atoms with Crippen LogP contribution in [0.3, 0.4) is 0 Å². The Kier molecular flexibility index (Phi) is 4.96. The summed E-state index contributed by atoms with van der Waals surface area (Å²) >= 11 is 0. The van der Waals surface area contributed by atoms with Crippen LogP contribution in [0.15, 0.2) is 0 Å². The molecule has 0 saturated heterocycles. The van der Waals surface area contributed by atoms with Crippen molar-refractivity contribution in [3.05, 3.63) is 0 Å². The van der Waals surface area contributed by atoms with Crippen molar-refractivity contribution < 1.29 is 19.5 Å². The molecule has 1 unspecified atom stereocenters. The lowest BCUT2D eigenvalue weighted by molar-refractivity contribution is -0.139. The van der Waals surface area contributed by atoms with Gasteiger partial charge in [-0.3, -0.25) is 9.59 Å². The highest BCUT2D eigenvalue weighted by atomic mass is 16.4. The quantitative estimate of drug-likeness (QED) is 0.672. The first-order valence-electron chi connectivity index (χ1n) is 4.17. The highest BCUT2D eigenvalue weighted by Crippen LogP contribution is 2.08. The zero-order valence-electron chi connectivity index (χ0n) is 7.87. The number of aliphatic carboxylic acids is 1. The van der Waals surface area contributed by atoms with Gasteiger partial charge in [0.05, 0.1) is 6.42 Å². The predicted molar refractivity (Wildman–Crippen MR) is 46.3 cm³/mol. The number of Topliss-reactive ketones (excluding diaryl/α,β-unsaturated/α-hetero) is 2. The Morgan fingerprint density at radius 3 is 2.15 bits per heavy atom. The van der Waals surface area contributed by atoms with Crippen LogP contribution in [0.5, 0.6) is 0 Å². The minimum Gasteiger partial charge on any atom is -0.481 e. The fourth-order valence-electron chi connectivity index (χ4n) is 1.02. The standard InChI is InChI=1S/C9H14O4/c1-6(5-7(2)10)8(11)3-4-9(12)13/h6H,3-5H2,1-2H3,(H,12,13). The summed E-state index contributed by atoms with van der Waals surface area (Å²) in [5.41, 5.74) is 0. The zero-order valence-corrected chi connectivity index (χ0v) is 7.87. The number of hydrogen-bond acceptors (Lipinski definition) is 3. The topological polar surface area (TPSA) is 71.4 Å². The van der Waals surface area contributed by atoms with Crippen LogP contribution in [-0.4, -0.2) is 22.6 Å². The lowest BCUT2D eigenvalue weighted by Crippen LogP contribution is -2.15. The van der Waals surface area contributed by atoms with E-state index >= 15 is 0 Å². The Hall–Kier alpha value is -1.19. The van der Waals surface area contributed by atoms with Crippen molar-refractivity contribution in [1.82, 2.24) is 0 Å². The molecule has 1 N–H and O–H groups in total. The number of carboxylic acid groups (broad SMARTS) is 1. The van der Waals surface area contributed by atoms with Crippen LogP contribution in [0, 0.1) is 5.92 Å². The Bertz CT molecular complexity index is 220. The smallest absolute Gasteiger partial charge is 0.303 e. The third kappa shape index (κ3) is 6.02. The van der Waals surface area contributed by atoms with Gasteiger partial charge in [0.2, 0.25) is 0 Å². The molecule has 0 aromatic carbocycles. The van der Waals surface area contributed by atoms with E-state index in [0.717, 1.165) is 0 Å². The lowest BCUT2D eigenvalue weighted by Gasteiger charge is -2.06. The molecular weight excluding hydrogens is 172 g/mol. The molecule has 0 aliphatic carbocycles. The fraction of sp³-hybridized carbons (Fsp3) is 0.667. The Morgan fingerprint density at radius 2 is 1.77 bits per heavy atom. The largest absolute Gasteiger partial charge is 0.481 e. The van der Waals surface area contributed by atoms with Crippen molar-refractivity contribution in [2.45, 2.75) is 33.1 Å². The number of carbonyl (C=O) groups excluding carboxylic acids is 2. The van der Waals surface area contributed by atoms with Crippen LogP contribution in [-0.2, 0) is 14.4 Å². The molecule has 4 nitrogen and oxygen atoms in total. The van der Waals surface area contributed by atoms with Crippen LogP contribution >= 0.6 is 0 Å². The van der Waals surface area contributed by atoms with E-state index in [-0.39, 0.29) is 36.7 Å². The van der Waals surface area contributed by atoms with Gasteiger partial charge in [-0.05, 0) is 6.92 Å². The van der Waals surface area contributed by atoms with Crippen molar-refractivity contribution in [2.24, 2.45) is 5.92 Å². The molecule has 13 heavy (non-hydrogen) atoms. The van der Waals surface area contributed by atoms with Crippen molar-refractivity contribution in [2.75, 3.05) is 0 Å². The van der Waals surface area contributed by atoms with E-state index in [1.165, 1.54) is 6.92 Å². The zero-order chi connectivity index (χ0) is 10.4. The summed E-state index contributed by atoms with van der Waals surface area (Å²) in [6.45, 7) is 3.06. The first kappa shape index (κ1) is 11.8. The first-order chi connectivity index (χ1) is 5.93. The maximum Gasteiger partial charge on any atom is 0.303 e. The van der Waals surface area contributed by atoms with E-state index in [1.807, 2.05) is 0 Å². The van der Waals surface area contributed by atoms with Crippen LogP contribution in [0.25, 0.3) is 0 Å². The SMILES string of the molecule is CC(=O)CC(C)C(=O)CCC(=O)O. The molecule has 0 aliphatic heterocycles. The van der Waals surface area contributed by atoms with Crippen LogP contribution in [0.4, 0.5) is 0 Å². The summed E-state index contributed by atoms with van der Waals surface area (Å²) in [5, 5.41) is 8.31. The summed E-state index contributed by atoms with van der Waals surface area (Å²) in [5.74, 6) is -1.53. The Morgan fingerprint density at radius 1 is 1.23 bits per heavy atom. The molecule has 4 heteroatoms. The van der Waals surface area contributed by atoms with Crippen LogP contribution in [0.1, 0.15) is 33.1 Å². The third-order valence-corrected chi connectivity index (χ3v) is 1.73. The van der Waals surface area contributed by atoms with Gasteiger partial charge in [-0.15, -0.1) is 0 Å². The highest BCUT2D eigenvalue weighted by molar-refractivity contribution is 5.88. The number of carbonyl (C=O) groups is 3. The first-order valence-corrected chi connectivity index (χ1v) is 4.17. The Labute approximate surface area is 76.9 Å². The minimum atomic E-state index is -0.983. The second-order valence-corrected chi connectivity index (χ2v) is 3.17. The Balaban J connectivity index is 3.82. The normalized spacial score (nSPS) is 12.2. The van der Waals surface area contributed by atoms with Gasteiger partial charge in [-0.25, -0.2) is 0 Å². The molecular formula is C9H14O4. The lowest BCUT2D eigenvalue weighted by atomic mass is 9.97. The number of carboxylic acids is 1. The average Bonchev–Trinajstić information content (AvgIpc) is 1.98. The maximum absolute atomic E-state index is 11.2. The summed E-state index contributed by atoms with van der Waals surface area (Å²) < 4.78 is 0. The predicted octanol–water partition coefficient (Wildman–Crippen LogP) is 1.04. The van der Waals surface area contributed by atoms with Gasteiger partial charge in [-0.2, -0.15) is 0 Å². The summed E-state index contributed by atoms with van der Waals surface area (Å²) in [7, 11) is 0. The van der Waals surface area contributed by atoms with E-state index in [9.17, 15) is 14.4 Å². The molecule has 0 fully saturated rings. The molecule has 0 aromatic heterocycles. The van der Waals surface area contributed by atoms with Gasteiger partial charge in [0.25, 0.3) is 0 Å². The second-order valence-electron chi connectivity index (χ2n) is 3.17. The van der Waals surface area contributed by atoms with Gasteiger partial charge in [-0.1, -0.05) is 6.92 Å². The van der Waals surface area contributed by atoms with E-state index in [2.05, 4.69) is 0 Å². The van der Waals surface area contributed by atoms with Crippen molar-refractivity contribution in [1.29, 1.82) is 0 Å². The molecule has 0 bridgehead atoms. The van der Waals surface area contributed by atoms with E-state index < -0.39 is 5.97 Å². The number of hydrogen-bond donors (Lipinski definition) is 1. The minimum absolute atomic E-state index is 0.0176. The monoisotopic (exact) mass is 186 g/mol. The van der Waals surface area contributed by atoms with Gasteiger partial charge in [0.15, 0.2) is 0 Å². The molecule has 1 atom stereocenters. The van der Waals surface area contributed by atoms with E-state index in [4.69, 9.17) is 5.11 Å².